The predicted octanol–water partition coefficient (Wildman–Crippen LogP) is 2.60. The molecular formula is C13H7F2NO3S. The molecule has 0 fully saturated rings. The number of para-hydroxylation sites is 1. The SMILES string of the molecule is N#Cc1ccccc1OS(=O)(=O)c1cc(F)ccc1F. The molecule has 0 radical (unpaired) electrons. The number of hydrogen-bond acceptors (Lipinski definition) is 4. The average Bonchev–Trinajstić information content (AvgIpc) is 2.41. The molecule has 4 nitrogen and oxygen atoms in total. The van der Waals surface area contributed by atoms with Crippen LogP contribution in [-0.4, -0.2) is 8.42 Å². The molecule has 0 aliphatic heterocycles. The zero-order valence-electron chi connectivity index (χ0n) is 9.88. The molecule has 0 atom stereocenters. The van der Waals surface area contributed by atoms with E-state index in [0.717, 1.165) is 6.07 Å². The van der Waals surface area contributed by atoms with Crippen LogP contribution in [0.3, 0.4) is 0 Å². The van der Waals surface area contributed by atoms with Crippen molar-refractivity contribution in [2.24, 2.45) is 0 Å². The molecule has 0 spiro atoms. The summed E-state index contributed by atoms with van der Waals surface area (Å²) in [5.74, 6) is -2.30. The normalized spacial score (nSPS) is 10.8. The lowest BCUT2D eigenvalue weighted by atomic mass is 10.2. The lowest BCUT2D eigenvalue weighted by Gasteiger charge is -2.08. The van der Waals surface area contributed by atoms with E-state index >= 15 is 0 Å². The van der Waals surface area contributed by atoms with Crippen LogP contribution >= 0.6 is 0 Å². The van der Waals surface area contributed by atoms with Crippen molar-refractivity contribution in [2.75, 3.05) is 0 Å². The van der Waals surface area contributed by atoms with Gasteiger partial charge in [-0.25, -0.2) is 8.78 Å². The zero-order valence-corrected chi connectivity index (χ0v) is 10.7. The lowest BCUT2D eigenvalue weighted by molar-refractivity contribution is 0.473. The summed E-state index contributed by atoms with van der Waals surface area (Å²) in [6.45, 7) is 0. The Labute approximate surface area is 114 Å². The van der Waals surface area contributed by atoms with Crippen molar-refractivity contribution in [2.45, 2.75) is 4.90 Å². The number of hydrogen-bond donors (Lipinski definition) is 0. The average molecular weight is 295 g/mol. The highest BCUT2D eigenvalue weighted by Gasteiger charge is 2.23. The van der Waals surface area contributed by atoms with E-state index in [1.807, 2.05) is 0 Å². The third-order valence-corrected chi connectivity index (χ3v) is 3.62. The van der Waals surface area contributed by atoms with E-state index in [4.69, 9.17) is 5.26 Å². The van der Waals surface area contributed by atoms with E-state index in [1.165, 1.54) is 24.3 Å². The summed E-state index contributed by atoms with van der Waals surface area (Å²) in [6, 6.07) is 9.27. The Morgan fingerprint density at radius 3 is 2.50 bits per heavy atom. The summed E-state index contributed by atoms with van der Waals surface area (Å²) in [4.78, 5) is -0.926. The van der Waals surface area contributed by atoms with Crippen LogP contribution in [-0.2, 0) is 10.1 Å². The van der Waals surface area contributed by atoms with Crippen LogP contribution in [0.4, 0.5) is 8.78 Å². The highest BCUT2D eigenvalue weighted by molar-refractivity contribution is 7.87. The molecule has 0 aliphatic rings. The first-order chi connectivity index (χ1) is 9.44. The van der Waals surface area contributed by atoms with Gasteiger partial charge in [0.1, 0.15) is 22.6 Å². The lowest BCUT2D eigenvalue weighted by Crippen LogP contribution is -2.12. The van der Waals surface area contributed by atoms with Crippen LogP contribution in [0.5, 0.6) is 5.75 Å². The maximum absolute atomic E-state index is 13.5. The van der Waals surface area contributed by atoms with Crippen LogP contribution in [0.15, 0.2) is 47.4 Å². The molecule has 0 N–H and O–H groups in total. The van der Waals surface area contributed by atoms with Gasteiger partial charge in [0.15, 0.2) is 5.75 Å². The molecule has 102 valence electrons. The van der Waals surface area contributed by atoms with Crippen molar-refractivity contribution < 1.29 is 21.4 Å². The second-order valence-electron chi connectivity index (χ2n) is 3.72. The fourth-order valence-electron chi connectivity index (χ4n) is 1.46. The van der Waals surface area contributed by atoms with E-state index < -0.39 is 26.6 Å². The minimum atomic E-state index is -4.57. The van der Waals surface area contributed by atoms with Gasteiger partial charge in [0.25, 0.3) is 0 Å². The number of nitrogens with zero attached hydrogens (tertiary/aromatic N) is 1. The van der Waals surface area contributed by atoms with E-state index in [2.05, 4.69) is 4.18 Å². The summed E-state index contributed by atoms with van der Waals surface area (Å²) in [7, 11) is -4.57. The first kappa shape index (κ1) is 14.0. The fraction of sp³-hybridized carbons (Fsp3) is 0. The molecule has 0 aromatic heterocycles. The van der Waals surface area contributed by atoms with Gasteiger partial charge in [0, 0.05) is 0 Å². The van der Waals surface area contributed by atoms with Gasteiger partial charge in [-0.3, -0.25) is 0 Å². The molecule has 20 heavy (non-hydrogen) atoms. The van der Waals surface area contributed by atoms with E-state index in [-0.39, 0.29) is 11.3 Å². The first-order valence-electron chi connectivity index (χ1n) is 5.33. The molecule has 0 bridgehead atoms. The molecule has 0 unspecified atom stereocenters. The Morgan fingerprint density at radius 1 is 1.10 bits per heavy atom. The van der Waals surface area contributed by atoms with Gasteiger partial charge in [-0.2, -0.15) is 13.7 Å². The van der Waals surface area contributed by atoms with E-state index in [0.29, 0.717) is 12.1 Å². The topological polar surface area (TPSA) is 67.2 Å². The Kier molecular flexibility index (Phi) is 3.68. The summed E-state index contributed by atoms with van der Waals surface area (Å²) >= 11 is 0. The van der Waals surface area contributed by atoms with Gasteiger partial charge in [-0.15, -0.1) is 0 Å². The molecule has 0 saturated heterocycles. The monoisotopic (exact) mass is 295 g/mol. The fourth-order valence-corrected chi connectivity index (χ4v) is 2.50. The smallest absolute Gasteiger partial charge is 0.342 e. The maximum atomic E-state index is 13.5. The third-order valence-electron chi connectivity index (χ3n) is 2.37. The van der Waals surface area contributed by atoms with Crippen molar-refractivity contribution in [1.82, 2.24) is 0 Å². The quantitative estimate of drug-likeness (QED) is 0.816. The minimum Gasteiger partial charge on any atom is -0.377 e. The number of nitriles is 1. The zero-order chi connectivity index (χ0) is 14.8. The second-order valence-corrected chi connectivity index (χ2v) is 5.23. The first-order valence-corrected chi connectivity index (χ1v) is 6.73. The predicted molar refractivity (Wildman–Crippen MR) is 65.3 cm³/mol. The van der Waals surface area contributed by atoms with Gasteiger partial charge in [0.2, 0.25) is 0 Å². The summed E-state index contributed by atoms with van der Waals surface area (Å²) in [5.41, 5.74) is -0.0344. The number of rotatable bonds is 3. The summed E-state index contributed by atoms with van der Waals surface area (Å²) < 4.78 is 55.0. The molecule has 0 heterocycles. The number of benzene rings is 2. The van der Waals surface area contributed by atoms with Crippen molar-refractivity contribution in [3.05, 3.63) is 59.7 Å². The van der Waals surface area contributed by atoms with Gasteiger partial charge >= 0.3 is 10.1 Å². The standard InChI is InChI=1S/C13H7F2NO3S/c14-10-5-6-11(15)13(7-10)20(17,18)19-12-4-2-1-3-9(12)8-16/h1-7H. The van der Waals surface area contributed by atoms with Crippen LogP contribution < -0.4 is 4.18 Å². The van der Waals surface area contributed by atoms with Crippen LogP contribution in [0.1, 0.15) is 5.56 Å². The molecule has 0 saturated carbocycles. The molecule has 2 aromatic rings. The van der Waals surface area contributed by atoms with E-state index in [9.17, 15) is 17.2 Å². The summed E-state index contributed by atoms with van der Waals surface area (Å²) in [5, 5.41) is 8.83. The van der Waals surface area contributed by atoms with E-state index in [1.54, 1.807) is 6.07 Å². The van der Waals surface area contributed by atoms with Gasteiger partial charge in [-0.05, 0) is 30.3 Å². The van der Waals surface area contributed by atoms with Gasteiger partial charge in [-0.1, -0.05) is 12.1 Å². The van der Waals surface area contributed by atoms with Crippen molar-refractivity contribution in [1.29, 1.82) is 5.26 Å². The highest BCUT2D eigenvalue weighted by Crippen LogP contribution is 2.24. The Bertz CT molecular complexity index is 798. The maximum Gasteiger partial charge on any atom is 0.342 e. The molecule has 2 rings (SSSR count). The van der Waals surface area contributed by atoms with Crippen LogP contribution in [0.25, 0.3) is 0 Å². The number of halogens is 2. The molecular weight excluding hydrogens is 288 g/mol. The van der Waals surface area contributed by atoms with Gasteiger partial charge in [0.05, 0.1) is 5.56 Å². The third kappa shape index (κ3) is 2.75. The van der Waals surface area contributed by atoms with Gasteiger partial charge < -0.3 is 4.18 Å². The molecule has 0 amide bonds. The Balaban J connectivity index is 2.47. The summed E-state index contributed by atoms with van der Waals surface area (Å²) in [6.07, 6.45) is 0. The minimum absolute atomic E-state index is 0.0344. The molecule has 2 aromatic carbocycles. The van der Waals surface area contributed by atoms with Crippen LogP contribution in [0.2, 0.25) is 0 Å². The molecule has 0 aliphatic carbocycles. The van der Waals surface area contributed by atoms with Crippen LogP contribution in [0, 0.1) is 23.0 Å². The Morgan fingerprint density at radius 2 is 1.80 bits per heavy atom. The van der Waals surface area contributed by atoms with Crippen molar-refractivity contribution in [3.63, 3.8) is 0 Å². The van der Waals surface area contributed by atoms with Crippen molar-refractivity contribution >= 4 is 10.1 Å². The Hall–Kier alpha value is -2.46. The van der Waals surface area contributed by atoms with Crippen molar-refractivity contribution in [3.8, 4) is 11.8 Å². The second kappa shape index (κ2) is 5.27. The molecule has 7 heteroatoms. The highest BCUT2D eigenvalue weighted by atomic mass is 32.2. The largest absolute Gasteiger partial charge is 0.377 e.